The average Bonchev–Trinajstić information content (AvgIpc) is 2.53. The minimum absolute atomic E-state index is 0.671. The van der Waals surface area contributed by atoms with Crippen LogP contribution in [0.4, 0.5) is 0 Å². The van der Waals surface area contributed by atoms with Crippen LogP contribution in [-0.2, 0) is 4.79 Å². The van der Waals surface area contributed by atoms with Crippen LogP contribution >= 0.6 is 11.3 Å². The highest BCUT2D eigenvalue weighted by Crippen LogP contribution is 2.19. The Morgan fingerprint density at radius 3 is 2.75 bits per heavy atom. The number of rotatable bonds is 3. The van der Waals surface area contributed by atoms with Crippen molar-refractivity contribution in [2.24, 2.45) is 5.73 Å². The lowest BCUT2D eigenvalue weighted by Gasteiger charge is -2.12. The molecule has 5 heteroatoms. The van der Waals surface area contributed by atoms with Gasteiger partial charge in [-0.05, 0) is 11.4 Å². The van der Waals surface area contributed by atoms with Crippen LogP contribution in [0.2, 0.25) is 0 Å². The standard InChI is InChI=1S/C7H9NO3S/c8-5(6(9)7(10)11)4-2-1-3-12-4/h1-3,5-6,9H,8H2,(H,10,11). The highest BCUT2D eigenvalue weighted by molar-refractivity contribution is 7.10. The summed E-state index contributed by atoms with van der Waals surface area (Å²) < 4.78 is 0. The second-order valence-corrected chi connectivity index (χ2v) is 3.30. The average molecular weight is 187 g/mol. The molecule has 2 atom stereocenters. The Morgan fingerprint density at radius 2 is 2.33 bits per heavy atom. The third kappa shape index (κ3) is 1.82. The van der Waals surface area contributed by atoms with E-state index in [1.165, 1.54) is 11.3 Å². The van der Waals surface area contributed by atoms with E-state index in [4.69, 9.17) is 15.9 Å². The van der Waals surface area contributed by atoms with Gasteiger partial charge in [0.15, 0.2) is 6.10 Å². The highest BCUT2D eigenvalue weighted by atomic mass is 32.1. The van der Waals surface area contributed by atoms with Crippen LogP contribution < -0.4 is 5.73 Å². The summed E-state index contributed by atoms with van der Waals surface area (Å²) in [6, 6.07) is 2.62. The van der Waals surface area contributed by atoms with E-state index in [9.17, 15) is 4.79 Å². The summed E-state index contributed by atoms with van der Waals surface area (Å²) in [5, 5.41) is 19.3. The van der Waals surface area contributed by atoms with Gasteiger partial charge in [0.25, 0.3) is 0 Å². The van der Waals surface area contributed by atoms with Gasteiger partial charge in [-0.3, -0.25) is 0 Å². The number of carboxylic acids is 1. The molecule has 4 nitrogen and oxygen atoms in total. The molecule has 0 bridgehead atoms. The lowest BCUT2D eigenvalue weighted by molar-refractivity contribution is -0.147. The summed E-state index contributed by atoms with van der Waals surface area (Å²) in [5.74, 6) is -1.30. The molecule has 0 aliphatic carbocycles. The Morgan fingerprint density at radius 1 is 1.67 bits per heavy atom. The first-order chi connectivity index (χ1) is 5.63. The topological polar surface area (TPSA) is 83.5 Å². The van der Waals surface area contributed by atoms with Gasteiger partial charge in [-0.1, -0.05) is 6.07 Å². The van der Waals surface area contributed by atoms with E-state index in [1.807, 2.05) is 0 Å². The molecule has 12 heavy (non-hydrogen) atoms. The fourth-order valence-corrected chi connectivity index (χ4v) is 1.55. The number of nitrogens with two attached hydrogens (primary N) is 1. The summed E-state index contributed by atoms with van der Waals surface area (Å²) in [6.45, 7) is 0. The van der Waals surface area contributed by atoms with Crippen molar-refractivity contribution < 1.29 is 15.0 Å². The number of aliphatic carboxylic acids is 1. The molecular weight excluding hydrogens is 178 g/mol. The van der Waals surface area contributed by atoms with Crippen LogP contribution in [-0.4, -0.2) is 22.3 Å². The maximum atomic E-state index is 10.3. The number of thiophene rings is 1. The Hall–Kier alpha value is -0.910. The fourth-order valence-electron chi connectivity index (χ4n) is 0.790. The van der Waals surface area contributed by atoms with Gasteiger partial charge in [-0.15, -0.1) is 11.3 Å². The normalized spacial score (nSPS) is 15.5. The molecule has 0 aliphatic heterocycles. The highest BCUT2D eigenvalue weighted by Gasteiger charge is 2.23. The minimum atomic E-state index is -1.52. The van der Waals surface area contributed by atoms with Gasteiger partial charge in [0.1, 0.15) is 0 Å². The third-order valence-electron chi connectivity index (χ3n) is 1.46. The number of hydrogen-bond donors (Lipinski definition) is 3. The van der Waals surface area contributed by atoms with E-state index in [-0.39, 0.29) is 0 Å². The molecule has 0 saturated heterocycles. The molecule has 1 heterocycles. The van der Waals surface area contributed by atoms with E-state index in [0.717, 1.165) is 0 Å². The van der Waals surface area contributed by atoms with Crippen molar-refractivity contribution in [2.75, 3.05) is 0 Å². The first-order valence-electron chi connectivity index (χ1n) is 3.33. The maximum absolute atomic E-state index is 10.3. The molecule has 0 aromatic carbocycles. The second-order valence-electron chi connectivity index (χ2n) is 2.32. The molecule has 1 rings (SSSR count). The fraction of sp³-hybridized carbons (Fsp3) is 0.286. The molecular formula is C7H9NO3S. The third-order valence-corrected chi connectivity index (χ3v) is 2.44. The van der Waals surface area contributed by atoms with E-state index in [0.29, 0.717) is 4.88 Å². The van der Waals surface area contributed by atoms with Gasteiger partial charge in [0.2, 0.25) is 0 Å². The number of hydrogen-bond acceptors (Lipinski definition) is 4. The molecule has 66 valence electrons. The molecule has 0 saturated carbocycles. The molecule has 2 unspecified atom stereocenters. The molecule has 0 aliphatic rings. The van der Waals surface area contributed by atoms with Gasteiger partial charge in [-0.2, -0.15) is 0 Å². The zero-order chi connectivity index (χ0) is 9.14. The molecule has 1 aromatic rings. The van der Waals surface area contributed by atoms with E-state index in [1.54, 1.807) is 17.5 Å². The quantitative estimate of drug-likeness (QED) is 0.631. The van der Waals surface area contributed by atoms with Crippen LogP contribution in [0.15, 0.2) is 17.5 Å². The number of carbonyl (C=O) groups is 1. The zero-order valence-corrected chi connectivity index (χ0v) is 6.99. The Labute approximate surface area is 73.3 Å². The summed E-state index contributed by atoms with van der Waals surface area (Å²) in [5.41, 5.74) is 5.46. The SMILES string of the molecule is NC(c1cccs1)C(O)C(=O)O. The van der Waals surface area contributed by atoms with Crippen LogP contribution in [0, 0.1) is 0 Å². The molecule has 0 amide bonds. The molecule has 0 spiro atoms. The van der Waals surface area contributed by atoms with Crippen molar-refractivity contribution in [3.05, 3.63) is 22.4 Å². The summed E-state index contributed by atoms with van der Waals surface area (Å²) >= 11 is 1.33. The first kappa shape index (κ1) is 9.18. The van der Waals surface area contributed by atoms with Crippen molar-refractivity contribution >= 4 is 17.3 Å². The van der Waals surface area contributed by atoms with Crippen molar-refractivity contribution in [2.45, 2.75) is 12.1 Å². The number of aliphatic hydroxyl groups excluding tert-OH is 1. The van der Waals surface area contributed by atoms with Crippen LogP contribution in [0.5, 0.6) is 0 Å². The molecule has 0 radical (unpaired) electrons. The Bertz CT molecular complexity index is 260. The smallest absolute Gasteiger partial charge is 0.334 e. The lowest BCUT2D eigenvalue weighted by atomic mass is 10.1. The van der Waals surface area contributed by atoms with Crippen LogP contribution in [0.3, 0.4) is 0 Å². The van der Waals surface area contributed by atoms with E-state index >= 15 is 0 Å². The summed E-state index contributed by atoms with van der Waals surface area (Å²) in [7, 11) is 0. The predicted octanol–water partition coefficient (Wildman–Crippen LogP) is 0.193. The van der Waals surface area contributed by atoms with Gasteiger partial charge < -0.3 is 15.9 Å². The Kier molecular flexibility index (Phi) is 2.80. The van der Waals surface area contributed by atoms with E-state index < -0.39 is 18.1 Å². The molecule has 0 fully saturated rings. The van der Waals surface area contributed by atoms with Gasteiger partial charge in [-0.25, -0.2) is 4.79 Å². The Balaban J connectivity index is 2.71. The van der Waals surface area contributed by atoms with Crippen LogP contribution in [0.1, 0.15) is 10.9 Å². The molecule has 4 N–H and O–H groups in total. The summed E-state index contributed by atoms with van der Waals surface area (Å²) in [4.78, 5) is 11.0. The van der Waals surface area contributed by atoms with Gasteiger partial charge in [0, 0.05) is 4.88 Å². The molecule has 1 aromatic heterocycles. The van der Waals surface area contributed by atoms with Crippen molar-refractivity contribution in [3.63, 3.8) is 0 Å². The van der Waals surface area contributed by atoms with Crippen molar-refractivity contribution in [1.82, 2.24) is 0 Å². The van der Waals surface area contributed by atoms with Crippen molar-refractivity contribution in [3.8, 4) is 0 Å². The number of carboxylic acid groups (broad SMARTS) is 1. The van der Waals surface area contributed by atoms with Gasteiger partial charge >= 0.3 is 5.97 Å². The largest absolute Gasteiger partial charge is 0.479 e. The first-order valence-corrected chi connectivity index (χ1v) is 4.20. The van der Waals surface area contributed by atoms with Gasteiger partial charge in [0.05, 0.1) is 6.04 Å². The summed E-state index contributed by atoms with van der Waals surface area (Å²) in [6.07, 6.45) is -1.52. The van der Waals surface area contributed by atoms with Crippen molar-refractivity contribution in [1.29, 1.82) is 0 Å². The number of aliphatic hydroxyl groups is 1. The second kappa shape index (κ2) is 3.66. The lowest BCUT2D eigenvalue weighted by Crippen LogP contribution is -2.32. The predicted molar refractivity (Wildman–Crippen MR) is 44.9 cm³/mol. The monoisotopic (exact) mass is 187 g/mol. The van der Waals surface area contributed by atoms with E-state index in [2.05, 4.69) is 0 Å². The minimum Gasteiger partial charge on any atom is -0.479 e. The maximum Gasteiger partial charge on any atom is 0.334 e. The zero-order valence-electron chi connectivity index (χ0n) is 6.18. The van der Waals surface area contributed by atoms with Crippen LogP contribution in [0.25, 0.3) is 0 Å².